The second-order valence-electron chi connectivity index (χ2n) is 7.34. The highest BCUT2D eigenvalue weighted by Crippen LogP contribution is 2.40. The second-order valence-corrected chi connectivity index (χ2v) is 9.23. The van der Waals surface area contributed by atoms with Crippen LogP contribution in [0.5, 0.6) is 0 Å². The van der Waals surface area contributed by atoms with Gasteiger partial charge in [0, 0.05) is 23.7 Å². The highest BCUT2D eigenvalue weighted by molar-refractivity contribution is 7.98. The van der Waals surface area contributed by atoms with Gasteiger partial charge in [-0.05, 0) is 41.8 Å². The van der Waals surface area contributed by atoms with Crippen molar-refractivity contribution in [3.63, 3.8) is 0 Å². The van der Waals surface area contributed by atoms with Crippen molar-refractivity contribution >= 4 is 40.6 Å². The van der Waals surface area contributed by atoms with Crippen LogP contribution in [0.1, 0.15) is 30.4 Å². The molecule has 3 aromatic rings. The summed E-state index contributed by atoms with van der Waals surface area (Å²) >= 11 is 3.09. The lowest BCUT2D eigenvalue weighted by Gasteiger charge is -2.29. The smallest absolute Gasteiger partial charge is 0.307 e. The molecule has 1 aliphatic rings. The van der Waals surface area contributed by atoms with Crippen LogP contribution in [-0.4, -0.2) is 34.1 Å². The summed E-state index contributed by atoms with van der Waals surface area (Å²) in [7, 11) is 0. The van der Waals surface area contributed by atoms with E-state index in [2.05, 4.69) is 9.74 Å². The van der Waals surface area contributed by atoms with E-state index in [4.69, 9.17) is 21.6 Å². The topological polar surface area (TPSA) is 70.7 Å². The predicted molar refractivity (Wildman–Crippen MR) is 125 cm³/mol. The molecule has 1 N–H and O–H groups in total. The minimum absolute atomic E-state index is 0.0103. The van der Waals surface area contributed by atoms with Gasteiger partial charge in [0.05, 0.1) is 18.7 Å². The van der Waals surface area contributed by atoms with E-state index in [0.29, 0.717) is 22.3 Å². The molecule has 2 aromatic heterocycles. The van der Waals surface area contributed by atoms with Crippen molar-refractivity contribution in [1.29, 1.82) is 0 Å². The molecule has 3 heterocycles. The molecule has 0 unspecified atom stereocenters. The number of benzene rings is 1. The quantitative estimate of drug-likeness (QED) is 0.284. The molecule has 1 saturated heterocycles. The number of piperidine rings is 1. The first-order valence-corrected chi connectivity index (χ1v) is 12.0. The van der Waals surface area contributed by atoms with Gasteiger partial charge in [0.1, 0.15) is 5.82 Å². The number of anilines is 1. The minimum atomic E-state index is -0.838. The van der Waals surface area contributed by atoms with E-state index in [1.807, 2.05) is 41.8 Å². The largest absolute Gasteiger partial charge is 0.481 e. The van der Waals surface area contributed by atoms with Crippen molar-refractivity contribution in [1.82, 2.24) is 9.97 Å². The van der Waals surface area contributed by atoms with Gasteiger partial charge in [-0.15, -0.1) is 11.3 Å². The van der Waals surface area contributed by atoms with Crippen LogP contribution < -0.4 is 4.90 Å². The molecule has 4 rings (SSSR count). The van der Waals surface area contributed by atoms with Gasteiger partial charge >= 0.3 is 5.97 Å². The molecule has 0 amide bonds. The van der Waals surface area contributed by atoms with Gasteiger partial charge in [0.25, 0.3) is 5.69 Å². The number of carboxylic acids is 1. The Morgan fingerprint density at radius 1 is 1.16 bits per heavy atom. The molecular formula is C23H22N4O2S2. The maximum Gasteiger partial charge on any atom is 0.307 e. The number of aromatic nitrogens is 2. The Kier molecular flexibility index (Phi) is 6.85. The van der Waals surface area contributed by atoms with Crippen LogP contribution in [0.15, 0.2) is 46.9 Å². The van der Waals surface area contributed by atoms with Crippen molar-refractivity contribution < 1.29 is 9.90 Å². The van der Waals surface area contributed by atoms with E-state index < -0.39 is 5.97 Å². The summed E-state index contributed by atoms with van der Waals surface area (Å²) in [5.74, 6) is 0.526. The summed E-state index contributed by atoms with van der Waals surface area (Å²) in [4.78, 5) is 27.6. The average molecular weight is 451 g/mol. The predicted octanol–water partition coefficient (Wildman–Crippen LogP) is 5.67. The first-order valence-electron chi connectivity index (χ1n) is 10.1. The Morgan fingerprint density at radius 2 is 1.97 bits per heavy atom. The standard InChI is InChI=1S/C23H22N4O2S2/c1-24-21-20(18-9-6-12-30-18)25-23(26-22(21)27-10-3-2-4-11-27)31-15-17-8-5-7-16(13-17)14-19(28)29/h5-9,12-13H,2-4,10-11,14-15H2,(H,28,29). The summed E-state index contributed by atoms with van der Waals surface area (Å²) in [6.07, 6.45) is 3.43. The number of carboxylic acid groups (broad SMARTS) is 1. The summed E-state index contributed by atoms with van der Waals surface area (Å²) < 4.78 is 0. The SMILES string of the molecule is [C-]#[N+]c1c(-c2cccs2)nc(SCc2cccc(CC(=O)O)c2)nc1N1CCCCC1. The summed E-state index contributed by atoms with van der Waals surface area (Å²) in [5.41, 5.74) is 3.03. The number of rotatable bonds is 7. The molecule has 8 heteroatoms. The normalized spacial score (nSPS) is 13.7. The maximum atomic E-state index is 11.0. The first kappa shape index (κ1) is 21.3. The third-order valence-corrected chi connectivity index (χ3v) is 6.88. The molecule has 1 fully saturated rings. The fourth-order valence-corrected chi connectivity index (χ4v) is 5.15. The second kappa shape index (κ2) is 9.94. The molecule has 1 aromatic carbocycles. The number of thioether (sulfide) groups is 1. The van der Waals surface area contributed by atoms with Crippen LogP contribution in [0.2, 0.25) is 0 Å². The van der Waals surface area contributed by atoms with Gasteiger partial charge in [-0.3, -0.25) is 4.79 Å². The Hall–Kier alpha value is -2.89. The molecule has 158 valence electrons. The Bertz CT molecular complexity index is 1100. The number of thiophene rings is 1. The molecule has 0 aliphatic carbocycles. The van der Waals surface area contributed by atoms with Crippen LogP contribution >= 0.6 is 23.1 Å². The van der Waals surface area contributed by atoms with Gasteiger partial charge in [-0.2, -0.15) is 0 Å². The lowest BCUT2D eigenvalue weighted by molar-refractivity contribution is -0.136. The van der Waals surface area contributed by atoms with Crippen molar-refractivity contribution in [2.75, 3.05) is 18.0 Å². The van der Waals surface area contributed by atoms with Gasteiger partial charge in [0.15, 0.2) is 5.16 Å². The Balaban J connectivity index is 1.65. The number of carbonyl (C=O) groups is 1. The molecule has 6 nitrogen and oxygen atoms in total. The van der Waals surface area contributed by atoms with E-state index in [1.54, 1.807) is 11.3 Å². The first-order chi connectivity index (χ1) is 15.1. The van der Waals surface area contributed by atoms with Crippen molar-refractivity contribution in [2.24, 2.45) is 0 Å². The Labute approximate surface area is 189 Å². The molecule has 31 heavy (non-hydrogen) atoms. The molecule has 0 spiro atoms. The van der Waals surface area contributed by atoms with E-state index in [1.165, 1.54) is 18.2 Å². The van der Waals surface area contributed by atoms with Crippen molar-refractivity contribution in [3.05, 3.63) is 64.3 Å². The zero-order chi connectivity index (χ0) is 21.6. The van der Waals surface area contributed by atoms with Crippen molar-refractivity contribution in [3.8, 4) is 10.6 Å². The third kappa shape index (κ3) is 5.24. The van der Waals surface area contributed by atoms with Crippen LogP contribution in [0.4, 0.5) is 11.5 Å². The minimum Gasteiger partial charge on any atom is -0.481 e. The van der Waals surface area contributed by atoms with Gasteiger partial charge in [-0.1, -0.05) is 42.1 Å². The van der Waals surface area contributed by atoms with Gasteiger partial charge in [-0.25, -0.2) is 14.8 Å². The fourth-order valence-electron chi connectivity index (χ4n) is 3.65. The molecule has 0 atom stereocenters. The number of hydrogen-bond acceptors (Lipinski definition) is 6. The van der Waals surface area contributed by atoms with Crippen LogP contribution in [-0.2, 0) is 17.0 Å². The zero-order valence-electron chi connectivity index (χ0n) is 17.0. The molecular weight excluding hydrogens is 428 g/mol. The number of aliphatic carboxylic acids is 1. The number of nitrogens with zero attached hydrogens (tertiary/aromatic N) is 4. The highest BCUT2D eigenvalue weighted by atomic mass is 32.2. The van der Waals surface area contributed by atoms with E-state index in [9.17, 15) is 4.79 Å². The summed E-state index contributed by atoms with van der Waals surface area (Å²) in [6.45, 7) is 9.62. The zero-order valence-corrected chi connectivity index (χ0v) is 18.6. The molecule has 1 aliphatic heterocycles. The van der Waals surface area contributed by atoms with Crippen LogP contribution in [0, 0.1) is 6.57 Å². The Morgan fingerprint density at radius 3 is 2.68 bits per heavy atom. The molecule has 0 saturated carbocycles. The van der Waals surface area contributed by atoms with E-state index in [0.717, 1.165) is 47.8 Å². The monoisotopic (exact) mass is 450 g/mol. The molecule has 0 radical (unpaired) electrons. The van der Waals surface area contributed by atoms with E-state index in [-0.39, 0.29) is 6.42 Å². The molecule has 0 bridgehead atoms. The van der Waals surface area contributed by atoms with Crippen molar-refractivity contribution in [2.45, 2.75) is 36.6 Å². The third-order valence-electron chi connectivity index (χ3n) is 5.08. The summed E-state index contributed by atoms with van der Waals surface area (Å²) in [6, 6.07) is 11.6. The summed E-state index contributed by atoms with van der Waals surface area (Å²) in [5, 5.41) is 11.7. The maximum absolute atomic E-state index is 11.0. The van der Waals surface area contributed by atoms with Crippen LogP contribution in [0.3, 0.4) is 0 Å². The highest BCUT2D eigenvalue weighted by Gasteiger charge is 2.23. The van der Waals surface area contributed by atoms with Crippen LogP contribution in [0.25, 0.3) is 15.4 Å². The lowest BCUT2D eigenvalue weighted by Crippen LogP contribution is -2.30. The average Bonchev–Trinajstić information content (AvgIpc) is 3.32. The van der Waals surface area contributed by atoms with E-state index >= 15 is 0 Å². The lowest BCUT2D eigenvalue weighted by atomic mass is 10.1. The fraction of sp³-hybridized carbons (Fsp3) is 0.304. The number of hydrogen-bond donors (Lipinski definition) is 1. The van der Waals surface area contributed by atoms with Gasteiger partial charge in [0.2, 0.25) is 0 Å². The van der Waals surface area contributed by atoms with Gasteiger partial charge < -0.3 is 10.0 Å².